The number of carbonyl (C=O) groups is 2. The SMILES string of the molecule is COCCCOc1cc(C(=O)O)c(OCCCOC)cc1C=O. The number of hydrogen-bond acceptors (Lipinski definition) is 6. The fourth-order valence-electron chi connectivity index (χ4n) is 1.85. The number of carboxylic acid groups (broad SMARTS) is 1. The first kappa shape index (κ1) is 18.9. The summed E-state index contributed by atoms with van der Waals surface area (Å²) in [6.07, 6.45) is 1.85. The van der Waals surface area contributed by atoms with Crippen molar-refractivity contribution in [2.24, 2.45) is 0 Å². The molecular weight excluding hydrogens is 304 g/mol. The van der Waals surface area contributed by atoms with E-state index in [0.717, 1.165) is 0 Å². The van der Waals surface area contributed by atoms with Crippen LogP contribution in [0.1, 0.15) is 33.6 Å². The highest BCUT2D eigenvalue weighted by Crippen LogP contribution is 2.28. The van der Waals surface area contributed by atoms with Crippen LogP contribution in [0.15, 0.2) is 12.1 Å². The molecule has 0 atom stereocenters. The molecule has 1 aromatic carbocycles. The molecule has 0 saturated carbocycles. The molecule has 0 heterocycles. The van der Waals surface area contributed by atoms with Crippen molar-refractivity contribution in [3.05, 3.63) is 23.3 Å². The van der Waals surface area contributed by atoms with E-state index in [9.17, 15) is 14.7 Å². The molecule has 1 rings (SSSR count). The summed E-state index contributed by atoms with van der Waals surface area (Å²) >= 11 is 0. The topological polar surface area (TPSA) is 91.3 Å². The predicted octanol–water partition coefficient (Wildman–Crippen LogP) is 2.03. The average Bonchev–Trinajstić information content (AvgIpc) is 2.55. The van der Waals surface area contributed by atoms with Gasteiger partial charge in [-0.3, -0.25) is 4.79 Å². The monoisotopic (exact) mass is 326 g/mol. The lowest BCUT2D eigenvalue weighted by Gasteiger charge is -2.14. The smallest absolute Gasteiger partial charge is 0.339 e. The molecule has 0 aliphatic carbocycles. The van der Waals surface area contributed by atoms with Crippen LogP contribution in [0.3, 0.4) is 0 Å². The Kier molecular flexibility index (Phi) is 8.71. The quantitative estimate of drug-likeness (QED) is 0.464. The van der Waals surface area contributed by atoms with E-state index in [1.165, 1.54) is 12.1 Å². The minimum atomic E-state index is -1.15. The van der Waals surface area contributed by atoms with Crippen LogP contribution >= 0.6 is 0 Å². The second-order valence-electron chi connectivity index (χ2n) is 4.70. The number of aromatic carboxylic acids is 1. The molecule has 0 amide bonds. The van der Waals surface area contributed by atoms with Crippen LogP contribution < -0.4 is 9.47 Å². The molecule has 0 aliphatic rings. The highest BCUT2D eigenvalue weighted by Gasteiger charge is 2.17. The second-order valence-corrected chi connectivity index (χ2v) is 4.70. The van der Waals surface area contributed by atoms with Crippen molar-refractivity contribution in [2.75, 3.05) is 40.6 Å². The summed E-state index contributed by atoms with van der Waals surface area (Å²) in [5, 5.41) is 9.30. The number of aldehydes is 1. The Morgan fingerprint density at radius 3 is 2.04 bits per heavy atom. The maximum atomic E-state index is 11.4. The van der Waals surface area contributed by atoms with Crippen LogP contribution in [0.5, 0.6) is 11.5 Å². The zero-order valence-corrected chi connectivity index (χ0v) is 13.4. The van der Waals surface area contributed by atoms with E-state index in [0.29, 0.717) is 45.6 Å². The maximum absolute atomic E-state index is 11.4. The number of carbonyl (C=O) groups excluding carboxylic acids is 1. The molecule has 0 saturated heterocycles. The van der Waals surface area contributed by atoms with Gasteiger partial charge in [0.1, 0.15) is 17.1 Å². The Morgan fingerprint density at radius 1 is 1.00 bits per heavy atom. The summed E-state index contributed by atoms with van der Waals surface area (Å²) in [5.74, 6) is -0.788. The van der Waals surface area contributed by atoms with Crippen molar-refractivity contribution in [1.29, 1.82) is 0 Å². The first-order valence-corrected chi connectivity index (χ1v) is 7.24. The number of methoxy groups -OCH3 is 2. The van der Waals surface area contributed by atoms with Crippen LogP contribution in [0.25, 0.3) is 0 Å². The Labute approximate surface area is 135 Å². The third kappa shape index (κ3) is 6.25. The van der Waals surface area contributed by atoms with Crippen molar-refractivity contribution in [3.8, 4) is 11.5 Å². The second kappa shape index (κ2) is 10.6. The summed E-state index contributed by atoms with van der Waals surface area (Å²) < 4.78 is 20.7. The van der Waals surface area contributed by atoms with E-state index in [-0.39, 0.29) is 22.6 Å². The molecule has 128 valence electrons. The molecule has 1 N–H and O–H groups in total. The zero-order valence-electron chi connectivity index (χ0n) is 13.4. The van der Waals surface area contributed by atoms with Gasteiger partial charge in [0.2, 0.25) is 0 Å². The van der Waals surface area contributed by atoms with Crippen LogP contribution in [-0.4, -0.2) is 58.0 Å². The van der Waals surface area contributed by atoms with Gasteiger partial charge in [-0.25, -0.2) is 4.79 Å². The maximum Gasteiger partial charge on any atom is 0.339 e. The molecule has 0 fully saturated rings. The Hall–Kier alpha value is -2.12. The van der Waals surface area contributed by atoms with Crippen LogP contribution in [0, 0.1) is 0 Å². The minimum Gasteiger partial charge on any atom is -0.493 e. The molecule has 7 nitrogen and oxygen atoms in total. The fourth-order valence-corrected chi connectivity index (χ4v) is 1.85. The lowest BCUT2D eigenvalue weighted by molar-refractivity contribution is 0.0690. The Morgan fingerprint density at radius 2 is 1.57 bits per heavy atom. The van der Waals surface area contributed by atoms with Crippen LogP contribution in [0.4, 0.5) is 0 Å². The highest BCUT2D eigenvalue weighted by atomic mass is 16.5. The molecule has 0 bridgehead atoms. The lowest BCUT2D eigenvalue weighted by Crippen LogP contribution is -2.09. The average molecular weight is 326 g/mol. The number of rotatable bonds is 12. The number of hydrogen-bond donors (Lipinski definition) is 1. The van der Waals surface area contributed by atoms with E-state index in [1.807, 2.05) is 0 Å². The van der Waals surface area contributed by atoms with Gasteiger partial charge in [0.25, 0.3) is 0 Å². The first-order chi connectivity index (χ1) is 11.1. The van der Waals surface area contributed by atoms with Crippen molar-refractivity contribution in [3.63, 3.8) is 0 Å². The van der Waals surface area contributed by atoms with Gasteiger partial charge in [0.05, 0.1) is 18.8 Å². The molecule has 0 aromatic heterocycles. The van der Waals surface area contributed by atoms with Gasteiger partial charge in [-0.2, -0.15) is 0 Å². The van der Waals surface area contributed by atoms with Gasteiger partial charge in [-0.05, 0) is 12.1 Å². The summed E-state index contributed by atoms with van der Waals surface area (Å²) in [6, 6.07) is 2.69. The molecule has 7 heteroatoms. The van der Waals surface area contributed by atoms with E-state index in [2.05, 4.69) is 0 Å². The summed E-state index contributed by atoms with van der Waals surface area (Å²) in [7, 11) is 3.15. The molecule has 1 aromatic rings. The van der Waals surface area contributed by atoms with Gasteiger partial charge in [-0.15, -0.1) is 0 Å². The van der Waals surface area contributed by atoms with Gasteiger partial charge >= 0.3 is 5.97 Å². The zero-order chi connectivity index (χ0) is 17.1. The van der Waals surface area contributed by atoms with Crippen molar-refractivity contribution < 1.29 is 33.6 Å². The van der Waals surface area contributed by atoms with E-state index < -0.39 is 5.97 Å². The van der Waals surface area contributed by atoms with Gasteiger partial charge in [-0.1, -0.05) is 0 Å². The molecule has 0 aliphatic heterocycles. The highest BCUT2D eigenvalue weighted by molar-refractivity contribution is 5.94. The molecule has 0 unspecified atom stereocenters. The third-order valence-electron chi connectivity index (χ3n) is 2.97. The molecule has 23 heavy (non-hydrogen) atoms. The number of ether oxygens (including phenoxy) is 4. The van der Waals surface area contributed by atoms with Gasteiger partial charge in [0.15, 0.2) is 6.29 Å². The third-order valence-corrected chi connectivity index (χ3v) is 2.97. The lowest BCUT2D eigenvalue weighted by atomic mass is 10.1. The molecular formula is C16H22O7. The van der Waals surface area contributed by atoms with Crippen LogP contribution in [0.2, 0.25) is 0 Å². The summed E-state index contributed by atoms with van der Waals surface area (Å²) in [4.78, 5) is 22.6. The van der Waals surface area contributed by atoms with Gasteiger partial charge < -0.3 is 24.1 Å². The minimum absolute atomic E-state index is 0.0465. The molecule has 0 radical (unpaired) electrons. The summed E-state index contributed by atoms with van der Waals surface area (Å²) in [5.41, 5.74) is 0.198. The summed E-state index contributed by atoms with van der Waals surface area (Å²) in [6.45, 7) is 1.63. The predicted molar refractivity (Wildman–Crippen MR) is 82.8 cm³/mol. The fraction of sp³-hybridized carbons (Fsp3) is 0.500. The van der Waals surface area contributed by atoms with E-state index in [1.54, 1.807) is 14.2 Å². The Balaban J connectivity index is 2.89. The van der Waals surface area contributed by atoms with E-state index in [4.69, 9.17) is 18.9 Å². The van der Waals surface area contributed by atoms with Crippen LogP contribution in [-0.2, 0) is 9.47 Å². The molecule has 0 spiro atoms. The standard InChI is InChI=1S/C16H22O7/c1-20-5-3-7-22-14-10-13(16(18)19)15(9-12(14)11-17)23-8-4-6-21-2/h9-11H,3-8H2,1-2H3,(H,18,19). The number of carboxylic acids is 1. The normalized spacial score (nSPS) is 10.3. The van der Waals surface area contributed by atoms with Crippen molar-refractivity contribution in [2.45, 2.75) is 12.8 Å². The largest absolute Gasteiger partial charge is 0.493 e. The Bertz CT molecular complexity index is 513. The first-order valence-electron chi connectivity index (χ1n) is 7.24. The van der Waals surface area contributed by atoms with Crippen molar-refractivity contribution in [1.82, 2.24) is 0 Å². The van der Waals surface area contributed by atoms with Crippen molar-refractivity contribution >= 4 is 12.3 Å². The van der Waals surface area contributed by atoms with Gasteiger partial charge in [0, 0.05) is 40.3 Å². The van der Waals surface area contributed by atoms with E-state index >= 15 is 0 Å². The number of benzene rings is 1.